The number of unbranched alkanes of at least 4 members (excludes halogenated alkanes) is 19. The predicted molar refractivity (Wildman–Crippen MR) is 233 cm³/mol. The van der Waals surface area contributed by atoms with Gasteiger partial charge in [0, 0.05) is 12.1 Å². The van der Waals surface area contributed by atoms with Crippen LogP contribution in [0, 0.1) is 11.8 Å². The Morgan fingerprint density at radius 2 is 0.731 bits per heavy atom. The minimum absolute atomic E-state index is 0.278. The lowest BCUT2D eigenvalue weighted by Crippen LogP contribution is -2.38. The highest BCUT2D eigenvalue weighted by Gasteiger charge is 2.18. The Morgan fingerprint density at radius 1 is 0.404 bits per heavy atom. The molecule has 0 aromatic heterocycles. The molecule has 0 unspecified atom stereocenters. The highest BCUT2D eigenvalue weighted by Crippen LogP contribution is 2.25. The number of hydrogen-bond donors (Lipinski definition) is 1. The van der Waals surface area contributed by atoms with Gasteiger partial charge in [0.15, 0.2) is 0 Å². The summed E-state index contributed by atoms with van der Waals surface area (Å²) in [5.74, 6) is 1.96. The van der Waals surface area contributed by atoms with Crippen molar-refractivity contribution in [2.45, 2.75) is 247 Å². The second-order valence-corrected chi connectivity index (χ2v) is 16.9. The molecule has 0 spiro atoms. The van der Waals surface area contributed by atoms with E-state index in [1.54, 1.807) is 0 Å². The van der Waals surface area contributed by atoms with Crippen molar-refractivity contribution in [1.29, 1.82) is 0 Å². The van der Waals surface area contributed by atoms with E-state index < -0.39 is 0 Å². The lowest BCUT2D eigenvalue weighted by atomic mass is 9.90. The highest BCUT2D eigenvalue weighted by atomic mass is 16.2. The standard InChI is InChI=1S/C48H92N2O2/c1-6-11-24-33-43(34-25-12-7-2)37-28-20-16-15-18-22-30-40-50(42-32-39-49-46-45(10-5)47(51)48(46)52)41-31-23-19-17-21-29-38-44(35-26-13-8-3)36-27-14-9-4/h43-44,49H,6-42H2,1-5H3. The zero-order valence-corrected chi connectivity index (χ0v) is 36.1. The second kappa shape index (κ2) is 35.5. The normalized spacial score (nSPS) is 12.0. The van der Waals surface area contributed by atoms with E-state index in [0.29, 0.717) is 17.7 Å². The molecule has 0 saturated heterocycles. The van der Waals surface area contributed by atoms with Gasteiger partial charge in [0.25, 0.3) is 0 Å². The third-order valence-electron chi connectivity index (χ3n) is 12.1. The van der Waals surface area contributed by atoms with E-state index in [2.05, 4.69) is 37.9 Å². The molecule has 1 aromatic rings. The lowest BCUT2D eigenvalue weighted by Gasteiger charge is -2.23. The Balaban J connectivity index is 2.34. The van der Waals surface area contributed by atoms with Gasteiger partial charge in [0.05, 0.1) is 5.69 Å². The molecule has 4 heteroatoms. The van der Waals surface area contributed by atoms with Crippen molar-refractivity contribution in [1.82, 2.24) is 4.90 Å². The fourth-order valence-corrected chi connectivity index (χ4v) is 8.54. The van der Waals surface area contributed by atoms with Gasteiger partial charge in [0.1, 0.15) is 0 Å². The third kappa shape index (κ3) is 25.0. The molecule has 0 aliphatic carbocycles. The maximum absolute atomic E-state index is 12.0. The summed E-state index contributed by atoms with van der Waals surface area (Å²) in [5.41, 5.74) is 0.704. The fourth-order valence-electron chi connectivity index (χ4n) is 8.54. The van der Waals surface area contributed by atoms with Crippen LogP contribution in [0.4, 0.5) is 5.69 Å². The molecule has 0 heterocycles. The van der Waals surface area contributed by atoms with Crippen molar-refractivity contribution < 1.29 is 0 Å². The van der Waals surface area contributed by atoms with Crippen LogP contribution in [0.2, 0.25) is 0 Å². The molecule has 0 amide bonds. The van der Waals surface area contributed by atoms with Crippen molar-refractivity contribution in [2.24, 2.45) is 11.8 Å². The van der Waals surface area contributed by atoms with Crippen LogP contribution >= 0.6 is 0 Å². The molecule has 0 bridgehead atoms. The van der Waals surface area contributed by atoms with Crippen molar-refractivity contribution in [3.63, 3.8) is 0 Å². The third-order valence-corrected chi connectivity index (χ3v) is 12.1. The van der Waals surface area contributed by atoms with E-state index in [1.807, 2.05) is 6.92 Å². The maximum atomic E-state index is 12.0. The summed E-state index contributed by atoms with van der Waals surface area (Å²) >= 11 is 0. The Morgan fingerprint density at radius 3 is 1.10 bits per heavy atom. The van der Waals surface area contributed by atoms with E-state index in [1.165, 1.54) is 212 Å². The second-order valence-electron chi connectivity index (χ2n) is 16.9. The van der Waals surface area contributed by atoms with Gasteiger partial charge < -0.3 is 10.2 Å². The van der Waals surface area contributed by atoms with Gasteiger partial charge in [-0.1, -0.05) is 221 Å². The number of rotatable bonds is 41. The molecule has 0 aliphatic heterocycles. The number of nitrogens with zero attached hydrogens (tertiary/aromatic N) is 1. The molecule has 0 atom stereocenters. The summed E-state index contributed by atoms with van der Waals surface area (Å²) in [6.07, 6.45) is 45.3. The quantitative estimate of drug-likeness (QED) is 0.0539. The molecule has 0 saturated carbocycles. The molecule has 52 heavy (non-hydrogen) atoms. The minimum atomic E-state index is -0.309. The molecule has 1 aromatic carbocycles. The smallest absolute Gasteiger partial charge is 0.249 e. The van der Waals surface area contributed by atoms with Gasteiger partial charge in [-0.3, -0.25) is 9.59 Å². The predicted octanol–water partition coefficient (Wildman–Crippen LogP) is 14.4. The number of nitrogens with one attached hydrogen (secondary N) is 1. The zero-order chi connectivity index (χ0) is 37.9. The van der Waals surface area contributed by atoms with Gasteiger partial charge in [-0.05, 0) is 57.2 Å². The summed E-state index contributed by atoms with van der Waals surface area (Å²) in [5, 5.41) is 3.30. The van der Waals surface area contributed by atoms with E-state index in [9.17, 15) is 9.59 Å². The first-order valence-corrected chi connectivity index (χ1v) is 23.8. The summed E-state index contributed by atoms with van der Waals surface area (Å²) in [6, 6.07) is 0. The molecule has 0 aliphatic rings. The molecule has 0 radical (unpaired) electrons. The first-order chi connectivity index (χ1) is 25.5. The molecule has 0 fully saturated rings. The van der Waals surface area contributed by atoms with Crippen LogP contribution in [0.25, 0.3) is 0 Å². The maximum Gasteiger partial charge on any atom is 0.249 e. The van der Waals surface area contributed by atoms with Crippen molar-refractivity contribution in [3.05, 3.63) is 26.0 Å². The molecule has 1 N–H and O–H groups in total. The first kappa shape index (κ1) is 48.9. The molecule has 306 valence electrons. The average molecular weight is 729 g/mol. The fraction of sp³-hybridized carbons (Fsp3) is 0.917. The van der Waals surface area contributed by atoms with Crippen molar-refractivity contribution in [2.75, 3.05) is 31.5 Å². The Kier molecular flexibility index (Phi) is 33.4. The van der Waals surface area contributed by atoms with E-state index in [-0.39, 0.29) is 10.9 Å². The van der Waals surface area contributed by atoms with Gasteiger partial charge in [-0.15, -0.1) is 0 Å². The van der Waals surface area contributed by atoms with Gasteiger partial charge in [-0.2, -0.15) is 0 Å². The Labute approximate surface area is 325 Å². The Bertz CT molecular complexity index is 946. The lowest BCUT2D eigenvalue weighted by molar-refractivity contribution is 0.259. The van der Waals surface area contributed by atoms with Crippen molar-refractivity contribution in [3.8, 4) is 0 Å². The van der Waals surface area contributed by atoms with E-state index in [0.717, 1.165) is 31.3 Å². The summed E-state index contributed by atoms with van der Waals surface area (Å²) in [4.78, 5) is 26.5. The average Bonchev–Trinajstić information content (AvgIpc) is 3.15. The molecule has 1 rings (SSSR count). The highest BCUT2D eigenvalue weighted by molar-refractivity contribution is 5.56. The summed E-state index contributed by atoms with van der Waals surface area (Å²) in [7, 11) is 0. The zero-order valence-electron chi connectivity index (χ0n) is 36.1. The Hall–Kier alpha value is -1.16. The number of anilines is 1. The van der Waals surface area contributed by atoms with Crippen LogP contribution in [-0.4, -0.2) is 31.1 Å². The van der Waals surface area contributed by atoms with Crippen LogP contribution in [-0.2, 0) is 6.42 Å². The summed E-state index contributed by atoms with van der Waals surface area (Å²) in [6.45, 7) is 15.5. The SMILES string of the molecule is CCCCCC(CCCCC)CCCCCCCCCN(CCCCCCCCC(CCCCC)CCCCC)CCCNc1c(CC)c(=O)c1=O. The van der Waals surface area contributed by atoms with Crippen LogP contribution in [0.1, 0.15) is 246 Å². The van der Waals surface area contributed by atoms with Crippen LogP contribution in [0.5, 0.6) is 0 Å². The van der Waals surface area contributed by atoms with Gasteiger partial charge >= 0.3 is 0 Å². The van der Waals surface area contributed by atoms with Gasteiger partial charge in [-0.25, -0.2) is 0 Å². The molecular formula is C48H92N2O2. The van der Waals surface area contributed by atoms with Gasteiger partial charge in [0.2, 0.25) is 10.9 Å². The monoisotopic (exact) mass is 729 g/mol. The van der Waals surface area contributed by atoms with Crippen molar-refractivity contribution >= 4 is 5.69 Å². The topological polar surface area (TPSA) is 49.4 Å². The molecular weight excluding hydrogens is 637 g/mol. The largest absolute Gasteiger partial charge is 0.381 e. The van der Waals surface area contributed by atoms with Crippen LogP contribution in [0.15, 0.2) is 9.59 Å². The van der Waals surface area contributed by atoms with E-state index in [4.69, 9.17) is 0 Å². The van der Waals surface area contributed by atoms with Crippen LogP contribution in [0.3, 0.4) is 0 Å². The number of hydrogen-bond acceptors (Lipinski definition) is 4. The summed E-state index contributed by atoms with van der Waals surface area (Å²) < 4.78 is 0. The van der Waals surface area contributed by atoms with Crippen LogP contribution < -0.4 is 16.2 Å². The first-order valence-electron chi connectivity index (χ1n) is 23.8. The molecule has 4 nitrogen and oxygen atoms in total. The minimum Gasteiger partial charge on any atom is -0.381 e. The van der Waals surface area contributed by atoms with E-state index >= 15 is 0 Å².